The van der Waals surface area contributed by atoms with Crippen LogP contribution in [0.4, 0.5) is 0 Å². The number of esters is 1. The summed E-state index contributed by atoms with van der Waals surface area (Å²) >= 11 is 3.25. The third-order valence-corrected chi connectivity index (χ3v) is 5.23. The third kappa shape index (κ3) is 15.7. The molecule has 0 bridgehead atoms. The van der Waals surface area contributed by atoms with Crippen LogP contribution in [0, 0.1) is 5.92 Å². The molecule has 0 fully saturated rings. The highest BCUT2D eigenvalue weighted by molar-refractivity contribution is 7.98. The van der Waals surface area contributed by atoms with E-state index in [0.29, 0.717) is 19.4 Å². The van der Waals surface area contributed by atoms with Crippen LogP contribution in [0.25, 0.3) is 0 Å². The first-order valence-electron chi connectivity index (χ1n) is 10.2. The first kappa shape index (κ1) is 29.3. The molecule has 0 radical (unpaired) electrons. The Hall–Kier alpha value is -1.71. The predicted octanol–water partition coefficient (Wildman–Crippen LogP) is 2.82. The second-order valence-electron chi connectivity index (χ2n) is 7.31. The smallest absolute Gasteiger partial charge is 0.328 e. The number of benzene rings is 1. The Labute approximate surface area is 194 Å². The summed E-state index contributed by atoms with van der Waals surface area (Å²) in [6.45, 7) is 4.35. The maximum Gasteiger partial charge on any atom is 0.328 e. The molecule has 0 unspecified atom stereocenters. The molecule has 0 saturated carbocycles. The normalized spacial score (nSPS) is 12.3. The van der Waals surface area contributed by atoms with E-state index >= 15 is 0 Å². The molecule has 1 rings (SSSR count). The number of aliphatic carboxylic acids is 1. The van der Waals surface area contributed by atoms with Crippen molar-refractivity contribution < 1.29 is 24.2 Å². The molecule has 7 nitrogen and oxygen atoms in total. The number of rotatable bonds is 13. The number of hydrogen-bond acceptors (Lipinski definition) is 7. The number of carbonyl (C=O) groups is 3. The number of nitrogens with two attached hydrogens (primary N) is 1. The van der Waals surface area contributed by atoms with Crippen molar-refractivity contribution in [1.82, 2.24) is 5.32 Å². The van der Waals surface area contributed by atoms with Crippen molar-refractivity contribution in [1.29, 1.82) is 0 Å². The fraction of sp³-hybridized carbons (Fsp3) is 0.591. The van der Waals surface area contributed by atoms with Crippen molar-refractivity contribution >= 4 is 41.4 Å². The van der Waals surface area contributed by atoms with Gasteiger partial charge in [0.1, 0.15) is 12.1 Å². The van der Waals surface area contributed by atoms with Crippen LogP contribution in [-0.4, -0.2) is 65.7 Å². The summed E-state index contributed by atoms with van der Waals surface area (Å²) in [5.41, 5.74) is 6.12. The molecule has 0 saturated heterocycles. The Morgan fingerprint density at radius 2 is 1.65 bits per heavy atom. The SMILES string of the molecule is CSCC[C@H](N)C(=O)O.CSCC[C@H](NC(=O)Cc1ccccc1)C(=O)OCC(C)C. The summed E-state index contributed by atoms with van der Waals surface area (Å²) in [5, 5.41) is 11.1. The van der Waals surface area contributed by atoms with Gasteiger partial charge in [-0.05, 0) is 48.3 Å². The van der Waals surface area contributed by atoms with Crippen LogP contribution in [0.3, 0.4) is 0 Å². The topological polar surface area (TPSA) is 119 Å². The van der Waals surface area contributed by atoms with Crippen molar-refractivity contribution in [2.45, 2.75) is 45.2 Å². The first-order chi connectivity index (χ1) is 14.7. The molecule has 4 N–H and O–H groups in total. The number of carboxylic acids is 1. The van der Waals surface area contributed by atoms with Crippen LogP contribution in [0.5, 0.6) is 0 Å². The molecule has 0 spiro atoms. The van der Waals surface area contributed by atoms with Crippen molar-refractivity contribution in [3.05, 3.63) is 35.9 Å². The van der Waals surface area contributed by atoms with E-state index in [1.165, 1.54) is 0 Å². The number of carbonyl (C=O) groups excluding carboxylic acids is 2. The van der Waals surface area contributed by atoms with E-state index in [1.807, 2.05) is 56.7 Å². The molecular weight excluding hydrogens is 436 g/mol. The molecule has 0 aromatic heterocycles. The van der Waals surface area contributed by atoms with Crippen LogP contribution in [0.2, 0.25) is 0 Å². The number of hydrogen-bond donors (Lipinski definition) is 3. The lowest BCUT2D eigenvalue weighted by Crippen LogP contribution is -2.43. The summed E-state index contributed by atoms with van der Waals surface area (Å²) in [4.78, 5) is 34.3. The van der Waals surface area contributed by atoms with Crippen LogP contribution in [-0.2, 0) is 25.5 Å². The van der Waals surface area contributed by atoms with E-state index in [4.69, 9.17) is 15.6 Å². The fourth-order valence-corrected chi connectivity index (χ4v) is 3.19. The number of nitrogens with one attached hydrogen (secondary N) is 1. The molecule has 176 valence electrons. The largest absolute Gasteiger partial charge is 0.480 e. The molecule has 9 heteroatoms. The predicted molar refractivity (Wildman–Crippen MR) is 129 cm³/mol. The maximum atomic E-state index is 12.1. The number of thioether (sulfide) groups is 2. The number of ether oxygens (including phenoxy) is 1. The molecular formula is C22H36N2O5S2. The van der Waals surface area contributed by atoms with Gasteiger partial charge in [-0.15, -0.1) is 0 Å². The van der Waals surface area contributed by atoms with Crippen molar-refractivity contribution in [2.24, 2.45) is 11.7 Å². The van der Waals surface area contributed by atoms with E-state index in [0.717, 1.165) is 17.1 Å². The zero-order valence-electron chi connectivity index (χ0n) is 18.8. The van der Waals surface area contributed by atoms with Crippen molar-refractivity contribution in [3.63, 3.8) is 0 Å². The van der Waals surface area contributed by atoms with Gasteiger partial charge in [-0.3, -0.25) is 9.59 Å². The molecule has 0 aliphatic carbocycles. The quantitative estimate of drug-likeness (QED) is 0.375. The Kier molecular flexibility index (Phi) is 16.9. The average molecular weight is 473 g/mol. The van der Waals surface area contributed by atoms with Gasteiger partial charge in [0.25, 0.3) is 0 Å². The lowest BCUT2D eigenvalue weighted by Gasteiger charge is -2.18. The number of amides is 1. The Bertz CT molecular complexity index is 644. The molecule has 31 heavy (non-hydrogen) atoms. The van der Waals surface area contributed by atoms with Gasteiger partial charge in [0.2, 0.25) is 5.91 Å². The van der Waals surface area contributed by atoms with Crippen LogP contribution >= 0.6 is 23.5 Å². The van der Waals surface area contributed by atoms with Crippen LogP contribution < -0.4 is 11.1 Å². The van der Waals surface area contributed by atoms with E-state index in [1.54, 1.807) is 23.5 Å². The third-order valence-electron chi connectivity index (χ3n) is 3.95. The van der Waals surface area contributed by atoms with E-state index < -0.39 is 18.1 Å². The zero-order valence-corrected chi connectivity index (χ0v) is 20.5. The maximum absolute atomic E-state index is 12.1. The molecule has 2 atom stereocenters. The average Bonchev–Trinajstić information content (AvgIpc) is 2.74. The lowest BCUT2D eigenvalue weighted by atomic mass is 10.1. The highest BCUT2D eigenvalue weighted by atomic mass is 32.2. The Balaban J connectivity index is 0.000000842. The van der Waals surface area contributed by atoms with Crippen molar-refractivity contribution in [3.8, 4) is 0 Å². The minimum absolute atomic E-state index is 0.154. The van der Waals surface area contributed by atoms with Crippen molar-refractivity contribution in [2.75, 3.05) is 30.6 Å². The summed E-state index contributed by atoms with van der Waals surface area (Å²) in [6, 6.07) is 8.24. The molecule has 1 amide bonds. The molecule has 1 aromatic carbocycles. The highest BCUT2D eigenvalue weighted by Gasteiger charge is 2.22. The van der Waals surface area contributed by atoms with Gasteiger partial charge in [0, 0.05) is 0 Å². The summed E-state index contributed by atoms with van der Waals surface area (Å²) in [7, 11) is 0. The van der Waals surface area contributed by atoms with E-state index in [9.17, 15) is 14.4 Å². The Morgan fingerprint density at radius 3 is 2.16 bits per heavy atom. The van der Waals surface area contributed by atoms with Gasteiger partial charge in [0.05, 0.1) is 13.0 Å². The van der Waals surface area contributed by atoms with E-state index in [-0.39, 0.29) is 24.2 Å². The standard InChI is InChI=1S/C17H25NO3S.C5H11NO2S/c1-13(2)12-21-17(20)15(9-10-22-3)18-16(19)11-14-7-5-4-6-8-14;1-9-3-2-4(6)5(7)8/h4-8,13,15H,9-12H2,1-3H3,(H,18,19);4H,2-3,6H2,1H3,(H,7,8)/t15-;4-/m00/s1. The number of carboxylic acid groups (broad SMARTS) is 1. The summed E-state index contributed by atoms with van der Waals surface area (Å²) in [5.74, 6) is 0.484. The van der Waals surface area contributed by atoms with Gasteiger partial charge < -0.3 is 20.9 Å². The second kappa shape index (κ2) is 17.9. The fourth-order valence-electron chi connectivity index (χ4n) is 2.23. The zero-order chi connectivity index (χ0) is 23.6. The molecule has 0 aliphatic rings. The van der Waals surface area contributed by atoms with Crippen LogP contribution in [0.1, 0.15) is 32.3 Å². The Morgan fingerprint density at radius 1 is 1.06 bits per heavy atom. The van der Waals surface area contributed by atoms with Gasteiger partial charge in [-0.2, -0.15) is 23.5 Å². The van der Waals surface area contributed by atoms with Gasteiger partial charge >= 0.3 is 11.9 Å². The monoisotopic (exact) mass is 472 g/mol. The molecule has 0 heterocycles. The summed E-state index contributed by atoms with van der Waals surface area (Å²) in [6.07, 6.45) is 5.31. The lowest BCUT2D eigenvalue weighted by molar-refractivity contribution is -0.149. The summed E-state index contributed by atoms with van der Waals surface area (Å²) < 4.78 is 5.25. The van der Waals surface area contributed by atoms with Gasteiger partial charge in [-0.1, -0.05) is 44.2 Å². The molecule has 0 aliphatic heterocycles. The minimum Gasteiger partial charge on any atom is -0.480 e. The van der Waals surface area contributed by atoms with Crippen LogP contribution in [0.15, 0.2) is 30.3 Å². The van der Waals surface area contributed by atoms with Gasteiger partial charge in [0.15, 0.2) is 0 Å². The minimum atomic E-state index is -0.913. The first-order valence-corrected chi connectivity index (χ1v) is 13.0. The second-order valence-corrected chi connectivity index (χ2v) is 9.29. The van der Waals surface area contributed by atoms with Gasteiger partial charge in [-0.25, -0.2) is 4.79 Å². The molecule has 1 aromatic rings. The highest BCUT2D eigenvalue weighted by Crippen LogP contribution is 2.06. The van der Waals surface area contributed by atoms with E-state index in [2.05, 4.69) is 5.32 Å².